The number of anilines is 3. The predicted molar refractivity (Wildman–Crippen MR) is 158 cm³/mol. The van der Waals surface area contributed by atoms with E-state index in [0.29, 0.717) is 49.9 Å². The molecule has 11 heteroatoms. The first-order valence-electron chi connectivity index (χ1n) is 13.8. The number of fused-ring (bicyclic) bond motifs is 2. The van der Waals surface area contributed by atoms with Crippen LogP contribution >= 0.6 is 0 Å². The van der Waals surface area contributed by atoms with Crippen molar-refractivity contribution in [2.24, 2.45) is 7.05 Å². The molecule has 2 aliphatic rings. The van der Waals surface area contributed by atoms with Crippen molar-refractivity contribution >= 4 is 34.1 Å². The molecule has 6 heterocycles. The molecule has 0 spiro atoms. The van der Waals surface area contributed by atoms with Crippen LogP contribution in [0, 0.1) is 0 Å². The summed E-state index contributed by atoms with van der Waals surface area (Å²) in [6.07, 6.45) is 5.16. The van der Waals surface area contributed by atoms with Gasteiger partial charge in [-0.05, 0) is 52.2 Å². The van der Waals surface area contributed by atoms with E-state index in [0.717, 1.165) is 39.2 Å². The summed E-state index contributed by atoms with van der Waals surface area (Å²) in [7, 11) is 5.98. The summed E-state index contributed by atoms with van der Waals surface area (Å²) >= 11 is 0. The fourth-order valence-electron chi connectivity index (χ4n) is 5.64. The molecule has 1 saturated heterocycles. The summed E-state index contributed by atoms with van der Waals surface area (Å²) in [6, 6.07) is 7.94. The van der Waals surface area contributed by atoms with Gasteiger partial charge in [0.2, 0.25) is 0 Å². The highest BCUT2D eigenvalue weighted by Gasteiger charge is 2.34. The van der Waals surface area contributed by atoms with E-state index in [2.05, 4.69) is 25.4 Å². The molecular formula is C30H36N8O3. The summed E-state index contributed by atoms with van der Waals surface area (Å²) < 4.78 is 7.83. The highest BCUT2D eigenvalue weighted by atomic mass is 16.5. The Morgan fingerprint density at radius 1 is 1.22 bits per heavy atom. The maximum Gasteiger partial charge on any atom is 0.254 e. The molecular weight excluding hydrogens is 520 g/mol. The first-order valence-corrected chi connectivity index (χ1v) is 13.8. The van der Waals surface area contributed by atoms with Crippen LogP contribution in [0.3, 0.4) is 0 Å². The number of aryl methyl sites for hydroxylation is 1. The lowest BCUT2D eigenvalue weighted by Crippen LogP contribution is -2.52. The normalized spacial score (nSPS) is 17.3. The lowest BCUT2D eigenvalue weighted by atomic mass is 10.00. The van der Waals surface area contributed by atoms with E-state index in [1.165, 1.54) is 0 Å². The van der Waals surface area contributed by atoms with Crippen molar-refractivity contribution in [3.63, 3.8) is 0 Å². The number of morpholine rings is 1. The molecule has 0 radical (unpaired) electrons. The Morgan fingerprint density at radius 2 is 2.05 bits per heavy atom. The average molecular weight is 557 g/mol. The van der Waals surface area contributed by atoms with Gasteiger partial charge in [-0.15, -0.1) is 0 Å². The standard InChI is InChI=1S/C30H36N8O3/c1-30(2,40)24-17-38(12-13-41-24)23-6-7-25(35-22(23)16-36(3)4)34-21-15-32-27(20-14-33-29(39)26(20)21)18-8-10-31-28-19(18)9-11-37(28)5/h6-11,15,24,40H,12-14,16-17H2,1-5H3,(H,33,39)(H,34,35). The van der Waals surface area contributed by atoms with Gasteiger partial charge in [0.1, 0.15) is 17.6 Å². The molecule has 1 fully saturated rings. The summed E-state index contributed by atoms with van der Waals surface area (Å²) in [5.41, 5.74) is 5.58. The molecule has 6 rings (SSSR count). The molecule has 41 heavy (non-hydrogen) atoms. The van der Waals surface area contributed by atoms with Gasteiger partial charge in [-0.3, -0.25) is 9.78 Å². The van der Waals surface area contributed by atoms with Gasteiger partial charge < -0.3 is 34.8 Å². The SMILES string of the molecule is CN(C)Cc1nc(Nc2cnc(-c3ccnc4c3ccn4C)c3c2C(=O)NC3)ccc1N1CCOC(C(C)(C)O)C1. The minimum absolute atomic E-state index is 0.138. The number of nitrogens with one attached hydrogen (secondary N) is 2. The molecule has 0 bridgehead atoms. The van der Waals surface area contributed by atoms with Gasteiger partial charge in [0.05, 0.1) is 46.7 Å². The van der Waals surface area contributed by atoms with E-state index >= 15 is 0 Å². The Bertz CT molecular complexity index is 1620. The zero-order chi connectivity index (χ0) is 28.9. The number of hydrogen-bond acceptors (Lipinski definition) is 9. The van der Waals surface area contributed by atoms with Crippen LogP contribution in [0.1, 0.15) is 35.5 Å². The van der Waals surface area contributed by atoms with Gasteiger partial charge in [0.25, 0.3) is 5.91 Å². The number of carbonyl (C=O) groups excluding carboxylic acids is 1. The van der Waals surface area contributed by atoms with E-state index in [1.807, 2.05) is 56.2 Å². The number of aliphatic hydroxyl groups is 1. The molecule has 1 atom stereocenters. The monoisotopic (exact) mass is 556 g/mol. The molecule has 0 saturated carbocycles. The van der Waals surface area contributed by atoms with Gasteiger partial charge in [-0.25, -0.2) is 9.97 Å². The van der Waals surface area contributed by atoms with E-state index in [-0.39, 0.29) is 12.0 Å². The molecule has 4 aromatic rings. The zero-order valence-electron chi connectivity index (χ0n) is 24.1. The van der Waals surface area contributed by atoms with Crippen LogP contribution in [0.15, 0.2) is 42.9 Å². The third-order valence-corrected chi connectivity index (χ3v) is 7.73. The maximum absolute atomic E-state index is 13.1. The molecule has 3 N–H and O–H groups in total. The summed E-state index contributed by atoms with van der Waals surface area (Å²) in [4.78, 5) is 31.7. The molecule has 1 amide bonds. The molecule has 1 unspecified atom stereocenters. The molecule has 2 aliphatic heterocycles. The smallest absolute Gasteiger partial charge is 0.254 e. The van der Waals surface area contributed by atoms with Crippen LogP contribution in [-0.2, 0) is 24.9 Å². The quantitative estimate of drug-likeness (QED) is 0.315. The van der Waals surface area contributed by atoms with Gasteiger partial charge in [0, 0.05) is 62.1 Å². The number of nitrogens with zero attached hydrogens (tertiary/aromatic N) is 6. The maximum atomic E-state index is 13.1. The molecule has 4 aromatic heterocycles. The highest BCUT2D eigenvalue weighted by Crippen LogP contribution is 2.36. The zero-order valence-corrected chi connectivity index (χ0v) is 24.1. The topological polar surface area (TPSA) is 121 Å². The fourth-order valence-corrected chi connectivity index (χ4v) is 5.64. The first-order chi connectivity index (χ1) is 19.6. The van der Waals surface area contributed by atoms with Crippen molar-refractivity contribution in [1.82, 2.24) is 29.7 Å². The number of aromatic nitrogens is 4. The lowest BCUT2D eigenvalue weighted by molar-refractivity contribution is -0.0928. The molecule has 0 aliphatic carbocycles. The van der Waals surface area contributed by atoms with E-state index < -0.39 is 5.60 Å². The Hall–Kier alpha value is -4.06. The van der Waals surface area contributed by atoms with Gasteiger partial charge in [-0.2, -0.15) is 0 Å². The van der Waals surface area contributed by atoms with Crippen LogP contribution < -0.4 is 15.5 Å². The summed E-state index contributed by atoms with van der Waals surface area (Å²) in [5, 5.41) is 17.9. The van der Waals surface area contributed by atoms with Crippen molar-refractivity contribution in [1.29, 1.82) is 0 Å². The van der Waals surface area contributed by atoms with E-state index in [4.69, 9.17) is 14.7 Å². The Kier molecular flexibility index (Phi) is 6.88. The average Bonchev–Trinajstić information content (AvgIpc) is 3.51. The number of hydrogen-bond donors (Lipinski definition) is 3. The van der Waals surface area contributed by atoms with Crippen molar-refractivity contribution in [2.45, 2.75) is 38.6 Å². The number of rotatable bonds is 7. The molecule has 214 valence electrons. The number of pyridine rings is 3. The number of ether oxygens (including phenoxy) is 1. The fraction of sp³-hybridized carbons (Fsp3) is 0.400. The van der Waals surface area contributed by atoms with Gasteiger partial charge in [0.15, 0.2) is 0 Å². The Morgan fingerprint density at radius 3 is 2.83 bits per heavy atom. The Balaban J connectivity index is 1.35. The second-order valence-corrected chi connectivity index (χ2v) is 11.6. The van der Waals surface area contributed by atoms with E-state index in [1.54, 1.807) is 26.2 Å². The minimum Gasteiger partial charge on any atom is -0.388 e. The van der Waals surface area contributed by atoms with Crippen LogP contribution in [0.2, 0.25) is 0 Å². The predicted octanol–water partition coefficient (Wildman–Crippen LogP) is 3.06. The summed E-state index contributed by atoms with van der Waals surface area (Å²) in [5.74, 6) is 0.490. The second-order valence-electron chi connectivity index (χ2n) is 11.6. The summed E-state index contributed by atoms with van der Waals surface area (Å²) in [6.45, 7) is 6.39. The van der Waals surface area contributed by atoms with Crippen molar-refractivity contribution in [2.75, 3.05) is 44.0 Å². The van der Waals surface area contributed by atoms with Crippen LogP contribution in [0.4, 0.5) is 17.2 Å². The van der Waals surface area contributed by atoms with Gasteiger partial charge in [-0.1, -0.05) is 0 Å². The van der Waals surface area contributed by atoms with Crippen molar-refractivity contribution < 1.29 is 14.6 Å². The van der Waals surface area contributed by atoms with Crippen molar-refractivity contribution in [3.05, 3.63) is 59.7 Å². The first kappa shape index (κ1) is 27.1. The third-order valence-electron chi connectivity index (χ3n) is 7.73. The van der Waals surface area contributed by atoms with Crippen LogP contribution in [0.5, 0.6) is 0 Å². The number of amides is 1. The minimum atomic E-state index is -0.946. The van der Waals surface area contributed by atoms with Crippen LogP contribution in [-0.4, -0.2) is 80.9 Å². The molecule has 0 aromatic carbocycles. The highest BCUT2D eigenvalue weighted by molar-refractivity contribution is 6.06. The van der Waals surface area contributed by atoms with Crippen LogP contribution in [0.25, 0.3) is 22.3 Å². The lowest BCUT2D eigenvalue weighted by Gasteiger charge is -2.40. The largest absolute Gasteiger partial charge is 0.388 e. The van der Waals surface area contributed by atoms with E-state index in [9.17, 15) is 9.90 Å². The second kappa shape index (κ2) is 10.4. The third kappa shape index (κ3) is 5.12. The Labute approximate surface area is 239 Å². The number of carbonyl (C=O) groups is 1. The van der Waals surface area contributed by atoms with Crippen molar-refractivity contribution in [3.8, 4) is 11.3 Å². The van der Waals surface area contributed by atoms with Gasteiger partial charge >= 0.3 is 0 Å². The molecule has 11 nitrogen and oxygen atoms in total.